The first kappa shape index (κ1) is 14.0. The van der Waals surface area contributed by atoms with Crippen LogP contribution in [0.5, 0.6) is 0 Å². The molecule has 0 aliphatic rings. The standard InChI is InChI=1S/C11H20ClN5/c1-4-17(5-2)7-6-14-10-9(13)8(3)15-11(12)16-10/h4-7,13H2,1-3H3,(H,14,15,16). The number of anilines is 2. The molecule has 0 aliphatic heterocycles. The van der Waals surface area contributed by atoms with E-state index in [4.69, 9.17) is 17.3 Å². The lowest BCUT2D eigenvalue weighted by Gasteiger charge is -2.18. The highest BCUT2D eigenvalue weighted by molar-refractivity contribution is 6.28. The van der Waals surface area contributed by atoms with Gasteiger partial charge in [-0.25, -0.2) is 4.98 Å². The van der Waals surface area contributed by atoms with Crippen LogP contribution >= 0.6 is 11.6 Å². The van der Waals surface area contributed by atoms with Gasteiger partial charge in [0.2, 0.25) is 5.28 Å². The molecule has 1 aromatic heterocycles. The first-order valence-electron chi connectivity index (χ1n) is 5.84. The minimum Gasteiger partial charge on any atom is -0.394 e. The Hall–Kier alpha value is -1.07. The third-order valence-corrected chi connectivity index (χ3v) is 2.89. The zero-order chi connectivity index (χ0) is 12.8. The average Bonchev–Trinajstić information content (AvgIpc) is 2.30. The second kappa shape index (κ2) is 6.61. The van der Waals surface area contributed by atoms with Crippen molar-refractivity contribution in [3.63, 3.8) is 0 Å². The highest BCUT2D eigenvalue weighted by Gasteiger charge is 2.07. The number of nitrogen functional groups attached to an aromatic ring is 1. The topological polar surface area (TPSA) is 67.1 Å². The van der Waals surface area contributed by atoms with Gasteiger partial charge in [0, 0.05) is 13.1 Å². The largest absolute Gasteiger partial charge is 0.394 e. The number of hydrogen-bond acceptors (Lipinski definition) is 5. The summed E-state index contributed by atoms with van der Waals surface area (Å²) < 4.78 is 0. The van der Waals surface area contributed by atoms with Crippen LogP contribution in [0, 0.1) is 6.92 Å². The quantitative estimate of drug-likeness (QED) is 0.761. The van der Waals surface area contributed by atoms with Crippen molar-refractivity contribution in [3.8, 4) is 0 Å². The van der Waals surface area contributed by atoms with Crippen LogP contribution in [-0.4, -0.2) is 41.0 Å². The Balaban J connectivity index is 2.57. The highest BCUT2D eigenvalue weighted by Crippen LogP contribution is 2.19. The first-order valence-corrected chi connectivity index (χ1v) is 6.22. The van der Waals surface area contributed by atoms with Gasteiger partial charge < -0.3 is 16.0 Å². The summed E-state index contributed by atoms with van der Waals surface area (Å²) in [5.41, 5.74) is 7.14. The lowest BCUT2D eigenvalue weighted by atomic mass is 10.3. The number of likely N-dealkylation sites (N-methyl/N-ethyl adjacent to an activating group) is 1. The second-order valence-electron chi connectivity index (χ2n) is 3.79. The number of halogens is 1. The van der Waals surface area contributed by atoms with Crippen molar-refractivity contribution in [1.29, 1.82) is 0 Å². The zero-order valence-corrected chi connectivity index (χ0v) is 11.4. The van der Waals surface area contributed by atoms with Gasteiger partial charge in [0.1, 0.15) is 0 Å². The zero-order valence-electron chi connectivity index (χ0n) is 10.6. The van der Waals surface area contributed by atoms with E-state index in [1.54, 1.807) is 0 Å². The van der Waals surface area contributed by atoms with Gasteiger partial charge in [-0.15, -0.1) is 0 Å². The summed E-state index contributed by atoms with van der Waals surface area (Å²) in [4.78, 5) is 10.4. The summed E-state index contributed by atoms with van der Waals surface area (Å²) in [6.45, 7) is 9.92. The normalized spacial score (nSPS) is 10.9. The van der Waals surface area contributed by atoms with Gasteiger partial charge in [-0.05, 0) is 31.6 Å². The molecule has 0 amide bonds. The van der Waals surface area contributed by atoms with Gasteiger partial charge >= 0.3 is 0 Å². The lowest BCUT2D eigenvalue weighted by Crippen LogP contribution is -2.29. The molecule has 3 N–H and O–H groups in total. The monoisotopic (exact) mass is 257 g/mol. The minimum absolute atomic E-state index is 0.224. The third kappa shape index (κ3) is 4.02. The van der Waals surface area contributed by atoms with E-state index in [2.05, 4.69) is 34.0 Å². The summed E-state index contributed by atoms with van der Waals surface area (Å²) in [6.07, 6.45) is 0. The van der Waals surface area contributed by atoms with Gasteiger partial charge in [-0.3, -0.25) is 0 Å². The van der Waals surface area contributed by atoms with Crippen molar-refractivity contribution in [1.82, 2.24) is 14.9 Å². The second-order valence-corrected chi connectivity index (χ2v) is 4.13. The molecule has 0 spiro atoms. The number of nitrogens with zero attached hydrogens (tertiary/aromatic N) is 3. The Kier molecular flexibility index (Phi) is 5.44. The van der Waals surface area contributed by atoms with E-state index >= 15 is 0 Å². The van der Waals surface area contributed by atoms with Crippen molar-refractivity contribution in [2.24, 2.45) is 0 Å². The smallest absolute Gasteiger partial charge is 0.224 e. The maximum absolute atomic E-state index is 5.87. The van der Waals surface area contributed by atoms with E-state index in [1.807, 2.05) is 6.92 Å². The van der Waals surface area contributed by atoms with Crippen LogP contribution in [0.25, 0.3) is 0 Å². The highest BCUT2D eigenvalue weighted by atomic mass is 35.5. The van der Waals surface area contributed by atoms with Crippen LogP contribution < -0.4 is 11.1 Å². The number of nitrogens with two attached hydrogens (primary N) is 1. The fraction of sp³-hybridized carbons (Fsp3) is 0.636. The SMILES string of the molecule is CCN(CC)CCNc1nc(Cl)nc(C)c1N. The molecule has 5 nitrogen and oxygen atoms in total. The molecule has 0 radical (unpaired) electrons. The minimum atomic E-state index is 0.224. The molecular weight excluding hydrogens is 238 g/mol. The molecule has 0 saturated heterocycles. The van der Waals surface area contributed by atoms with Gasteiger partial charge in [0.05, 0.1) is 11.4 Å². The van der Waals surface area contributed by atoms with Gasteiger partial charge in [-0.1, -0.05) is 13.8 Å². The predicted octanol–water partition coefficient (Wildman–Crippen LogP) is 1.77. The molecule has 0 unspecified atom stereocenters. The molecule has 0 bridgehead atoms. The third-order valence-electron chi connectivity index (χ3n) is 2.72. The molecule has 96 valence electrons. The van der Waals surface area contributed by atoms with Crippen molar-refractivity contribution in [2.45, 2.75) is 20.8 Å². The summed E-state index contributed by atoms with van der Waals surface area (Å²) in [6, 6.07) is 0. The Morgan fingerprint density at radius 3 is 2.53 bits per heavy atom. The molecule has 0 aliphatic carbocycles. The van der Waals surface area contributed by atoms with Crippen LogP contribution in [-0.2, 0) is 0 Å². The maximum atomic E-state index is 5.87. The fourth-order valence-corrected chi connectivity index (χ4v) is 1.77. The maximum Gasteiger partial charge on any atom is 0.224 e. The molecule has 1 heterocycles. The number of aryl methyl sites for hydroxylation is 1. The van der Waals surface area contributed by atoms with Gasteiger partial charge in [0.15, 0.2) is 5.82 Å². The fourth-order valence-electron chi connectivity index (χ4n) is 1.55. The Bertz CT molecular complexity index is 365. The van der Waals surface area contributed by atoms with Crippen LogP contribution in [0.3, 0.4) is 0 Å². The molecular formula is C11H20ClN5. The Labute approximate surface area is 107 Å². The van der Waals surface area contributed by atoms with E-state index in [0.717, 1.165) is 26.2 Å². The van der Waals surface area contributed by atoms with E-state index in [-0.39, 0.29) is 5.28 Å². The van der Waals surface area contributed by atoms with Crippen molar-refractivity contribution in [2.75, 3.05) is 37.2 Å². The van der Waals surface area contributed by atoms with Crippen LogP contribution in [0.1, 0.15) is 19.5 Å². The summed E-state index contributed by atoms with van der Waals surface area (Å²) in [5.74, 6) is 0.620. The Morgan fingerprint density at radius 1 is 1.29 bits per heavy atom. The van der Waals surface area contributed by atoms with E-state index < -0.39 is 0 Å². The van der Waals surface area contributed by atoms with Gasteiger partial charge in [0.25, 0.3) is 0 Å². The van der Waals surface area contributed by atoms with E-state index in [9.17, 15) is 0 Å². The predicted molar refractivity (Wildman–Crippen MR) is 72.5 cm³/mol. The summed E-state index contributed by atoms with van der Waals surface area (Å²) in [7, 11) is 0. The van der Waals surface area contributed by atoms with Crippen molar-refractivity contribution >= 4 is 23.1 Å². The van der Waals surface area contributed by atoms with E-state index in [1.165, 1.54) is 0 Å². The summed E-state index contributed by atoms with van der Waals surface area (Å²) in [5, 5.41) is 3.42. The molecule has 1 aromatic rings. The van der Waals surface area contributed by atoms with Crippen molar-refractivity contribution < 1.29 is 0 Å². The van der Waals surface area contributed by atoms with Crippen molar-refractivity contribution in [3.05, 3.63) is 11.0 Å². The molecule has 0 saturated carbocycles. The van der Waals surface area contributed by atoms with Crippen LogP contribution in [0.4, 0.5) is 11.5 Å². The van der Waals surface area contributed by atoms with Crippen LogP contribution in [0.2, 0.25) is 5.28 Å². The molecule has 0 aromatic carbocycles. The molecule has 0 fully saturated rings. The summed E-state index contributed by atoms with van der Waals surface area (Å²) >= 11 is 5.79. The Morgan fingerprint density at radius 2 is 1.94 bits per heavy atom. The molecule has 0 atom stereocenters. The molecule has 1 rings (SSSR count). The molecule has 6 heteroatoms. The molecule has 17 heavy (non-hydrogen) atoms. The van der Waals surface area contributed by atoms with Gasteiger partial charge in [-0.2, -0.15) is 4.98 Å². The van der Waals surface area contributed by atoms with E-state index in [0.29, 0.717) is 17.2 Å². The first-order chi connectivity index (χ1) is 8.08. The number of rotatable bonds is 6. The number of hydrogen-bond donors (Lipinski definition) is 2. The average molecular weight is 258 g/mol. The number of aromatic nitrogens is 2. The van der Waals surface area contributed by atoms with Crippen LogP contribution in [0.15, 0.2) is 0 Å². The number of nitrogens with one attached hydrogen (secondary N) is 1. The lowest BCUT2D eigenvalue weighted by molar-refractivity contribution is 0.316.